The van der Waals surface area contributed by atoms with E-state index in [4.69, 9.17) is 17.3 Å². The molecule has 0 atom stereocenters. The maximum Gasteiger partial charge on any atom is 0.333 e. The molecule has 3 aromatic rings. The van der Waals surface area contributed by atoms with Crippen LogP contribution in [-0.4, -0.2) is 9.13 Å². The molecule has 2 N–H and O–H groups in total. The molecular formula is C14H12ClN3O. The number of halogens is 1. The van der Waals surface area contributed by atoms with Gasteiger partial charge in [-0.3, -0.25) is 9.13 Å². The minimum absolute atomic E-state index is 0.143. The first kappa shape index (κ1) is 11.9. The van der Waals surface area contributed by atoms with E-state index >= 15 is 0 Å². The summed E-state index contributed by atoms with van der Waals surface area (Å²) in [6, 6.07) is 12.6. The van der Waals surface area contributed by atoms with Gasteiger partial charge in [-0.1, -0.05) is 23.7 Å². The zero-order valence-electron chi connectivity index (χ0n) is 10.3. The zero-order valence-corrected chi connectivity index (χ0v) is 11.1. The highest BCUT2D eigenvalue weighted by molar-refractivity contribution is 6.31. The summed E-state index contributed by atoms with van der Waals surface area (Å²) >= 11 is 6.02. The van der Waals surface area contributed by atoms with Gasteiger partial charge >= 0.3 is 5.69 Å². The van der Waals surface area contributed by atoms with E-state index in [1.165, 1.54) is 0 Å². The van der Waals surface area contributed by atoms with Crippen molar-refractivity contribution in [3.05, 3.63) is 58.0 Å². The van der Waals surface area contributed by atoms with E-state index < -0.39 is 0 Å². The van der Waals surface area contributed by atoms with Gasteiger partial charge in [-0.05, 0) is 30.3 Å². The molecule has 0 spiro atoms. The summed E-state index contributed by atoms with van der Waals surface area (Å²) in [7, 11) is 1.73. The van der Waals surface area contributed by atoms with Crippen molar-refractivity contribution in [1.82, 2.24) is 9.13 Å². The van der Waals surface area contributed by atoms with Gasteiger partial charge in [0.1, 0.15) is 0 Å². The van der Waals surface area contributed by atoms with Gasteiger partial charge in [-0.15, -0.1) is 0 Å². The fourth-order valence-electron chi connectivity index (χ4n) is 2.24. The fourth-order valence-corrected chi connectivity index (χ4v) is 2.41. The molecule has 0 saturated heterocycles. The smallest absolute Gasteiger partial charge is 0.333 e. The number of hydrogen-bond donors (Lipinski definition) is 1. The molecule has 0 amide bonds. The highest BCUT2D eigenvalue weighted by Crippen LogP contribution is 2.23. The van der Waals surface area contributed by atoms with Crippen LogP contribution in [-0.2, 0) is 7.05 Å². The quantitative estimate of drug-likeness (QED) is 0.693. The number of hydrogen-bond acceptors (Lipinski definition) is 2. The molecule has 4 nitrogen and oxygen atoms in total. The maximum absolute atomic E-state index is 12.4. The number of anilines is 1. The summed E-state index contributed by atoms with van der Waals surface area (Å²) in [4.78, 5) is 12.4. The number of rotatable bonds is 1. The number of benzene rings is 2. The molecule has 0 unspecified atom stereocenters. The molecule has 0 aliphatic heterocycles. The third kappa shape index (κ3) is 1.72. The van der Waals surface area contributed by atoms with Crippen LogP contribution in [0.1, 0.15) is 0 Å². The molecule has 0 aliphatic carbocycles. The Morgan fingerprint density at radius 1 is 1.11 bits per heavy atom. The number of para-hydroxylation sites is 2. The van der Waals surface area contributed by atoms with Crippen LogP contribution in [0.2, 0.25) is 5.02 Å². The van der Waals surface area contributed by atoms with E-state index in [1.54, 1.807) is 34.4 Å². The molecule has 1 heterocycles. The highest BCUT2D eigenvalue weighted by Gasteiger charge is 2.13. The van der Waals surface area contributed by atoms with Crippen molar-refractivity contribution in [1.29, 1.82) is 0 Å². The molecule has 19 heavy (non-hydrogen) atoms. The molecule has 0 fully saturated rings. The number of imidazole rings is 1. The summed E-state index contributed by atoms with van der Waals surface area (Å²) in [5, 5.41) is 0.585. The summed E-state index contributed by atoms with van der Waals surface area (Å²) in [6.07, 6.45) is 0. The van der Waals surface area contributed by atoms with Crippen molar-refractivity contribution in [3.63, 3.8) is 0 Å². The third-order valence-corrected chi connectivity index (χ3v) is 3.43. The van der Waals surface area contributed by atoms with Crippen molar-refractivity contribution in [2.24, 2.45) is 7.05 Å². The number of nitrogen functional groups attached to an aromatic ring is 1. The summed E-state index contributed by atoms with van der Waals surface area (Å²) in [6.45, 7) is 0. The van der Waals surface area contributed by atoms with Crippen LogP contribution in [0.3, 0.4) is 0 Å². The van der Waals surface area contributed by atoms with E-state index in [1.807, 2.05) is 24.3 Å². The van der Waals surface area contributed by atoms with Crippen LogP contribution in [0.4, 0.5) is 5.69 Å². The van der Waals surface area contributed by atoms with Gasteiger partial charge in [0.15, 0.2) is 0 Å². The van der Waals surface area contributed by atoms with Gasteiger partial charge in [0.25, 0.3) is 0 Å². The second-order valence-corrected chi connectivity index (χ2v) is 4.81. The molecule has 96 valence electrons. The average Bonchev–Trinajstić information content (AvgIpc) is 2.63. The molecule has 0 aliphatic rings. The second-order valence-electron chi connectivity index (χ2n) is 4.37. The lowest BCUT2D eigenvalue weighted by Crippen LogP contribution is -2.21. The Morgan fingerprint density at radius 3 is 2.58 bits per heavy atom. The molecule has 3 rings (SSSR count). The lowest BCUT2D eigenvalue weighted by Gasteiger charge is -2.06. The Kier molecular flexibility index (Phi) is 2.61. The fraction of sp³-hybridized carbons (Fsp3) is 0.0714. The molecule has 0 radical (unpaired) electrons. The van der Waals surface area contributed by atoms with E-state index in [9.17, 15) is 4.79 Å². The monoisotopic (exact) mass is 273 g/mol. The number of nitrogens with two attached hydrogens (primary N) is 1. The Balaban J connectivity index is 2.48. The largest absolute Gasteiger partial charge is 0.397 e. The Labute approximate surface area is 114 Å². The molecule has 1 aromatic heterocycles. The van der Waals surface area contributed by atoms with Gasteiger partial charge in [-0.2, -0.15) is 0 Å². The number of nitrogens with zero attached hydrogens (tertiary/aromatic N) is 2. The van der Waals surface area contributed by atoms with Crippen LogP contribution in [0.15, 0.2) is 47.3 Å². The SMILES string of the molecule is Cn1c(=O)n(-c2ccccc2N)c2cc(Cl)ccc21. The topological polar surface area (TPSA) is 53.0 Å². The van der Waals surface area contributed by atoms with Crippen molar-refractivity contribution in [2.75, 3.05) is 5.73 Å². The molecular weight excluding hydrogens is 262 g/mol. The Morgan fingerprint density at radius 2 is 1.84 bits per heavy atom. The van der Waals surface area contributed by atoms with E-state index in [0.717, 1.165) is 11.0 Å². The van der Waals surface area contributed by atoms with Crippen LogP contribution >= 0.6 is 11.6 Å². The van der Waals surface area contributed by atoms with Crippen molar-refractivity contribution < 1.29 is 0 Å². The zero-order chi connectivity index (χ0) is 13.6. The Hall–Kier alpha value is -2.20. The first-order chi connectivity index (χ1) is 9.09. The normalized spacial score (nSPS) is 11.1. The van der Waals surface area contributed by atoms with Crippen molar-refractivity contribution >= 4 is 28.3 Å². The highest BCUT2D eigenvalue weighted by atomic mass is 35.5. The van der Waals surface area contributed by atoms with Gasteiger partial charge in [0.2, 0.25) is 0 Å². The van der Waals surface area contributed by atoms with Crippen LogP contribution in [0.25, 0.3) is 16.7 Å². The van der Waals surface area contributed by atoms with Gasteiger partial charge in [0, 0.05) is 12.1 Å². The first-order valence-electron chi connectivity index (χ1n) is 5.81. The van der Waals surface area contributed by atoms with Crippen molar-refractivity contribution in [3.8, 4) is 5.69 Å². The van der Waals surface area contributed by atoms with Crippen LogP contribution < -0.4 is 11.4 Å². The number of fused-ring (bicyclic) bond motifs is 1. The Bertz CT molecular complexity index is 832. The molecule has 2 aromatic carbocycles. The number of aromatic nitrogens is 2. The predicted octanol–water partition coefficient (Wildman–Crippen LogP) is 2.56. The first-order valence-corrected chi connectivity index (χ1v) is 6.19. The van der Waals surface area contributed by atoms with Crippen molar-refractivity contribution in [2.45, 2.75) is 0 Å². The molecule has 0 saturated carbocycles. The van der Waals surface area contributed by atoms with Gasteiger partial charge in [0.05, 0.1) is 22.4 Å². The van der Waals surface area contributed by atoms with Gasteiger partial charge < -0.3 is 5.73 Å². The summed E-state index contributed by atoms with van der Waals surface area (Å²) < 4.78 is 3.16. The third-order valence-electron chi connectivity index (χ3n) is 3.20. The minimum atomic E-state index is -0.143. The predicted molar refractivity (Wildman–Crippen MR) is 77.9 cm³/mol. The minimum Gasteiger partial charge on any atom is -0.397 e. The standard InChI is InChI=1S/C14H12ClN3O/c1-17-12-7-6-9(15)8-13(12)18(14(17)19)11-5-3-2-4-10(11)16/h2-8H,16H2,1H3. The summed E-state index contributed by atoms with van der Waals surface area (Å²) in [5.74, 6) is 0. The lowest BCUT2D eigenvalue weighted by molar-refractivity contribution is 0.847. The maximum atomic E-state index is 12.4. The van der Waals surface area contributed by atoms with Gasteiger partial charge in [-0.25, -0.2) is 4.79 Å². The van der Waals surface area contributed by atoms with Crippen LogP contribution in [0, 0.1) is 0 Å². The van der Waals surface area contributed by atoms with E-state index in [0.29, 0.717) is 16.4 Å². The van der Waals surface area contributed by atoms with E-state index in [-0.39, 0.29) is 5.69 Å². The lowest BCUT2D eigenvalue weighted by atomic mass is 10.2. The number of aryl methyl sites for hydroxylation is 1. The van der Waals surface area contributed by atoms with E-state index in [2.05, 4.69) is 0 Å². The van der Waals surface area contributed by atoms with Crippen LogP contribution in [0.5, 0.6) is 0 Å². The molecule has 5 heteroatoms. The second kappa shape index (κ2) is 4.17. The molecule has 0 bridgehead atoms. The average molecular weight is 274 g/mol. The summed E-state index contributed by atoms with van der Waals surface area (Å²) in [5.41, 5.74) is 8.60.